The van der Waals surface area contributed by atoms with Crippen LogP contribution in [0.25, 0.3) is 18.2 Å². The van der Waals surface area contributed by atoms with Gasteiger partial charge >= 0.3 is 0 Å². The normalized spacial score (nSPS) is 8.93. The highest BCUT2D eigenvalue weighted by atomic mass is 16.2. The zero-order valence-corrected chi connectivity index (χ0v) is 16.8. The van der Waals surface area contributed by atoms with Gasteiger partial charge in [-0.3, -0.25) is 9.59 Å². The van der Waals surface area contributed by atoms with Crippen molar-refractivity contribution in [2.45, 2.75) is 0 Å². The molecule has 2 amide bonds. The maximum absolute atomic E-state index is 10.7. The molecule has 0 atom stereocenters. The number of rotatable bonds is 5. The lowest BCUT2D eigenvalue weighted by atomic mass is 10.1. The summed E-state index contributed by atoms with van der Waals surface area (Å²) in [6.07, 6.45) is 5.49. The van der Waals surface area contributed by atoms with E-state index in [0.717, 1.165) is 11.1 Å². The molecule has 3 rings (SSSR count). The Kier molecular flexibility index (Phi) is 10.4. The Morgan fingerprint density at radius 1 is 0.567 bits per heavy atom. The van der Waals surface area contributed by atoms with E-state index in [4.69, 9.17) is 11.5 Å². The molecule has 0 fully saturated rings. The highest BCUT2D eigenvalue weighted by Gasteiger charge is 2.10. The average Bonchev–Trinajstić information content (AvgIpc) is 2.80. The molecule has 0 saturated carbocycles. The topological polar surface area (TPSA) is 86.2 Å². The maximum atomic E-state index is 10.7. The Bertz CT molecular complexity index is 948. The van der Waals surface area contributed by atoms with Crippen LogP contribution in [-0.4, -0.2) is 11.8 Å². The first-order valence-corrected chi connectivity index (χ1v) is 9.14. The molecule has 3 aromatic carbocycles. The largest absolute Gasteiger partial charge is 0.366 e. The molecular weight excluding hydrogens is 372 g/mol. The summed E-state index contributed by atoms with van der Waals surface area (Å²) in [5, 5.41) is 0. The molecule has 4 N–H and O–H groups in total. The molecular formula is C26H26N2O2. The Morgan fingerprint density at radius 2 is 0.933 bits per heavy atom. The molecule has 0 unspecified atom stereocenters. The highest BCUT2D eigenvalue weighted by Crippen LogP contribution is 2.10. The quantitative estimate of drug-likeness (QED) is 0.620. The second-order valence-electron chi connectivity index (χ2n) is 5.93. The Balaban J connectivity index is 0.000000230. The van der Waals surface area contributed by atoms with Crippen LogP contribution in [-0.2, 0) is 0 Å². The maximum Gasteiger partial charge on any atom is 0.249 e. The molecule has 0 bridgehead atoms. The first-order chi connectivity index (χ1) is 14.4. The summed E-state index contributed by atoms with van der Waals surface area (Å²) in [5.74, 6) is -1.30. The molecule has 0 aliphatic heterocycles. The van der Waals surface area contributed by atoms with E-state index in [2.05, 4.69) is 19.7 Å². The van der Waals surface area contributed by atoms with E-state index in [1.165, 1.54) is 17.7 Å². The number of nitrogens with two attached hydrogens (primary N) is 2. The van der Waals surface area contributed by atoms with Gasteiger partial charge in [0.25, 0.3) is 0 Å². The Labute approximate surface area is 177 Å². The van der Waals surface area contributed by atoms with Crippen LogP contribution in [0.3, 0.4) is 0 Å². The molecule has 4 nitrogen and oxygen atoms in total. The number of hydrogen-bond donors (Lipinski definition) is 2. The number of amides is 2. The number of hydrogen-bond acceptors (Lipinski definition) is 2. The van der Waals surface area contributed by atoms with Gasteiger partial charge in [0.05, 0.1) is 11.1 Å². The monoisotopic (exact) mass is 398 g/mol. The fourth-order valence-electron chi connectivity index (χ4n) is 2.38. The lowest BCUT2D eigenvalue weighted by molar-refractivity contribution is 0.0967. The van der Waals surface area contributed by atoms with E-state index in [-0.39, 0.29) is 11.1 Å². The Morgan fingerprint density at radius 3 is 1.23 bits per heavy atom. The van der Waals surface area contributed by atoms with Crippen molar-refractivity contribution in [2.24, 2.45) is 11.5 Å². The standard InChI is InChI=1S/C10H10.C8H8N2O2.C8H8/c1-3-9-7-5-6-8-10(9)4-2;9-7(11)5-3-1-2-4-6(5)8(10)12;1-2-8-6-4-3-5-7-8/h3-8H,1-2H2;1-4H,(H2,9,11)(H2,10,12);2-7H,1H2. The van der Waals surface area contributed by atoms with Gasteiger partial charge in [0.2, 0.25) is 11.8 Å². The highest BCUT2D eigenvalue weighted by molar-refractivity contribution is 6.06. The summed E-state index contributed by atoms with van der Waals surface area (Å²) >= 11 is 0. The number of carbonyl (C=O) groups is 2. The van der Waals surface area contributed by atoms with Gasteiger partial charge in [-0.2, -0.15) is 0 Å². The third-order valence-corrected chi connectivity index (χ3v) is 3.93. The molecule has 0 heterocycles. The molecule has 0 aromatic heterocycles. The lowest BCUT2D eigenvalue weighted by Gasteiger charge is -2.00. The van der Waals surface area contributed by atoms with Crippen LogP contribution < -0.4 is 11.5 Å². The van der Waals surface area contributed by atoms with Crippen molar-refractivity contribution in [3.63, 3.8) is 0 Å². The third-order valence-electron chi connectivity index (χ3n) is 3.93. The summed E-state index contributed by atoms with van der Waals surface area (Å²) in [5.41, 5.74) is 13.8. The van der Waals surface area contributed by atoms with Gasteiger partial charge < -0.3 is 11.5 Å². The molecule has 4 heteroatoms. The zero-order chi connectivity index (χ0) is 22.4. The molecule has 0 spiro atoms. The van der Waals surface area contributed by atoms with E-state index in [9.17, 15) is 9.59 Å². The van der Waals surface area contributed by atoms with Crippen LogP contribution in [0.1, 0.15) is 37.4 Å². The summed E-state index contributed by atoms with van der Waals surface area (Å²) < 4.78 is 0. The van der Waals surface area contributed by atoms with E-state index in [1.807, 2.05) is 72.8 Å². The molecule has 152 valence electrons. The fourth-order valence-corrected chi connectivity index (χ4v) is 2.38. The third kappa shape index (κ3) is 7.82. The molecule has 3 aromatic rings. The van der Waals surface area contributed by atoms with Gasteiger partial charge in [-0.15, -0.1) is 0 Å². The minimum atomic E-state index is -0.649. The van der Waals surface area contributed by atoms with Crippen molar-refractivity contribution >= 4 is 30.0 Å². The second-order valence-corrected chi connectivity index (χ2v) is 5.93. The van der Waals surface area contributed by atoms with Crippen molar-refractivity contribution in [1.29, 1.82) is 0 Å². The molecule has 0 aliphatic carbocycles. The van der Waals surface area contributed by atoms with Gasteiger partial charge in [0.15, 0.2) is 0 Å². The van der Waals surface area contributed by atoms with Crippen LogP contribution in [0.4, 0.5) is 0 Å². The first-order valence-electron chi connectivity index (χ1n) is 9.14. The van der Waals surface area contributed by atoms with Crippen LogP contribution >= 0.6 is 0 Å². The minimum Gasteiger partial charge on any atom is -0.366 e. The van der Waals surface area contributed by atoms with Crippen molar-refractivity contribution in [3.8, 4) is 0 Å². The minimum absolute atomic E-state index is 0.157. The van der Waals surface area contributed by atoms with Crippen LogP contribution in [0, 0.1) is 0 Å². The van der Waals surface area contributed by atoms with Crippen molar-refractivity contribution in [3.05, 3.63) is 126 Å². The van der Waals surface area contributed by atoms with Gasteiger partial charge in [0, 0.05) is 0 Å². The predicted molar refractivity (Wildman–Crippen MR) is 127 cm³/mol. The molecule has 0 radical (unpaired) electrons. The zero-order valence-electron chi connectivity index (χ0n) is 16.8. The average molecular weight is 399 g/mol. The van der Waals surface area contributed by atoms with Crippen LogP contribution in [0.15, 0.2) is 98.6 Å². The summed E-state index contributed by atoms with van der Waals surface area (Å²) in [6, 6.07) is 24.2. The van der Waals surface area contributed by atoms with E-state index < -0.39 is 11.8 Å². The molecule has 0 aliphatic rings. The number of carbonyl (C=O) groups excluding carboxylic acids is 2. The van der Waals surface area contributed by atoms with Crippen molar-refractivity contribution < 1.29 is 9.59 Å². The SMILES string of the molecule is C=Cc1ccccc1.C=Cc1ccccc1C=C.NC(=O)c1ccccc1C(N)=O. The van der Waals surface area contributed by atoms with E-state index >= 15 is 0 Å². The van der Waals surface area contributed by atoms with Crippen molar-refractivity contribution in [2.75, 3.05) is 0 Å². The van der Waals surface area contributed by atoms with E-state index in [0.29, 0.717) is 0 Å². The van der Waals surface area contributed by atoms with Crippen LogP contribution in [0.2, 0.25) is 0 Å². The van der Waals surface area contributed by atoms with E-state index in [1.54, 1.807) is 12.1 Å². The fraction of sp³-hybridized carbons (Fsp3) is 0. The summed E-state index contributed by atoms with van der Waals surface area (Å²) in [6.45, 7) is 11.0. The van der Waals surface area contributed by atoms with Gasteiger partial charge in [-0.05, 0) is 28.8 Å². The van der Waals surface area contributed by atoms with Gasteiger partial charge in [-0.1, -0.05) is 105 Å². The van der Waals surface area contributed by atoms with Gasteiger partial charge in [-0.25, -0.2) is 0 Å². The predicted octanol–water partition coefficient (Wildman–Crippen LogP) is 5.19. The first kappa shape index (κ1) is 23.9. The second kappa shape index (κ2) is 13.1. The Hall–Kier alpha value is -4.18. The number of benzene rings is 3. The molecule has 0 saturated heterocycles. The number of primary amides is 2. The van der Waals surface area contributed by atoms with Crippen LogP contribution in [0.5, 0.6) is 0 Å². The lowest BCUT2D eigenvalue weighted by Crippen LogP contribution is -2.20. The summed E-state index contributed by atoms with van der Waals surface area (Å²) in [4.78, 5) is 21.5. The smallest absolute Gasteiger partial charge is 0.249 e. The van der Waals surface area contributed by atoms with Crippen molar-refractivity contribution in [1.82, 2.24) is 0 Å². The molecule has 30 heavy (non-hydrogen) atoms. The van der Waals surface area contributed by atoms with Gasteiger partial charge in [0.1, 0.15) is 0 Å². The summed E-state index contributed by atoms with van der Waals surface area (Å²) in [7, 11) is 0.